The lowest BCUT2D eigenvalue weighted by Crippen LogP contribution is -2.24. The van der Waals surface area contributed by atoms with Gasteiger partial charge in [-0.15, -0.1) is 11.3 Å². The van der Waals surface area contributed by atoms with E-state index < -0.39 is 0 Å². The summed E-state index contributed by atoms with van der Waals surface area (Å²) in [7, 11) is 1.73. The number of rotatable bonds is 4. The van der Waals surface area contributed by atoms with Crippen LogP contribution in [0.5, 0.6) is 0 Å². The summed E-state index contributed by atoms with van der Waals surface area (Å²) >= 11 is 7.43. The molecule has 0 aliphatic rings. The number of carbonyl (C=O) groups is 1. The van der Waals surface area contributed by atoms with E-state index >= 15 is 0 Å². The second kappa shape index (κ2) is 5.79. The van der Waals surface area contributed by atoms with Crippen LogP contribution in [0.25, 0.3) is 0 Å². The highest BCUT2D eigenvalue weighted by molar-refractivity contribution is 7.09. The monoisotopic (exact) mass is 282 g/mol. The van der Waals surface area contributed by atoms with Crippen molar-refractivity contribution >= 4 is 34.7 Å². The highest BCUT2D eigenvalue weighted by Gasteiger charge is 2.12. The van der Waals surface area contributed by atoms with Crippen molar-refractivity contribution in [3.63, 3.8) is 0 Å². The van der Waals surface area contributed by atoms with Crippen LogP contribution in [0.2, 0.25) is 5.02 Å². The Hall–Kier alpha value is -1.66. The fourth-order valence-electron chi connectivity index (χ4n) is 1.32. The maximum atomic E-state index is 11.9. The van der Waals surface area contributed by atoms with Crippen molar-refractivity contribution in [1.29, 1.82) is 0 Å². The van der Waals surface area contributed by atoms with E-state index in [1.807, 2.05) is 0 Å². The minimum absolute atomic E-state index is 0.216. The Morgan fingerprint density at radius 3 is 3.00 bits per heavy atom. The SMILES string of the molecule is CNc1ccc(Cl)c(C(=O)NCc2cncs2)n1. The third-order valence-electron chi connectivity index (χ3n) is 2.22. The molecule has 2 aromatic heterocycles. The predicted molar refractivity (Wildman–Crippen MR) is 72.1 cm³/mol. The number of amides is 1. The van der Waals surface area contributed by atoms with Gasteiger partial charge in [-0.25, -0.2) is 4.98 Å². The zero-order chi connectivity index (χ0) is 13.0. The third-order valence-corrected chi connectivity index (χ3v) is 3.31. The van der Waals surface area contributed by atoms with Crippen molar-refractivity contribution < 1.29 is 4.79 Å². The Bertz CT molecular complexity index is 544. The first-order valence-electron chi connectivity index (χ1n) is 5.20. The molecule has 0 fully saturated rings. The molecule has 7 heteroatoms. The van der Waals surface area contributed by atoms with Crippen LogP contribution in [0.15, 0.2) is 23.8 Å². The number of nitrogens with zero attached hydrogens (tertiary/aromatic N) is 2. The molecule has 0 unspecified atom stereocenters. The number of carbonyl (C=O) groups excluding carboxylic acids is 1. The van der Waals surface area contributed by atoms with Crippen LogP contribution in [0.1, 0.15) is 15.4 Å². The number of nitrogens with one attached hydrogen (secondary N) is 2. The van der Waals surface area contributed by atoms with Gasteiger partial charge in [0.2, 0.25) is 0 Å². The van der Waals surface area contributed by atoms with Crippen molar-refractivity contribution in [2.75, 3.05) is 12.4 Å². The molecule has 0 bridgehead atoms. The molecule has 0 atom stereocenters. The molecule has 18 heavy (non-hydrogen) atoms. The van der Waals surface area contributed by atoms with Gasteiger partial charge in [-0.05, 0) is 12.1 Å². The highest BCUT2D eigenvalue weighted by atomic mass is 35.5. The van der Waals surface area contributed by atoms with Crippen LogP contribution >= 0.6 is 22.9 Å². The first kappa shape index (κ1) is 12.8. The van der Waals surface area contributed by atoms with Crippen molar-refractivity contribution in [1.82, 2.24) is 15.3 Å². The molecule has 0 saturated carbocycles. The highest BCUT2D eigenvalue weighted by Crippen LogP contribution is 2.16. The van der Waals surface area contributed by atoms with Gasteiger partial charge in [-0.3, -0.25) is 9.78 Å². The van der Waals surface area contributed by atoms with Crippen LogP contribution in [-0.4, -0.2) is 22.9 Å². The minimum atomic E-state index is -0.300. The van der Waals surface area contributed by atoms with Gasteiger partial charge in [-0.1, -0.05) is 11.6 Å². The fourth-order valence-corrected chi connectivity index (χ4v) is 2.05. The molecule has 1 amide bonds. The molecule has 0 spiro atoms. The zero-order valence-corrected chi connectivity index (χ0v) is 11.2. The largest absolute Gasteiger partial charge is 0.373 e. The maximum Gasteiger partial charge on any atom is 0.271 e. The molecule has 5 nitrogen and oxygen atoms in total. The Labute approximate surface area is 113 Å². The van der Waals surface area contributed by atoms with Crippen LogP contribution in [0.4, 0.5) is 5.82 Å². The smallest absolute Gasteiger partial charge is 0.271 e. The van der Waals surface area contributed by atoms with Crippen molar-refractivity contribution in [3.8, 4) is 0 Å². The van der Waals surface area contributed by atoms with Crippen molar-refractivity contribution in [3.05, 3.63) is 39.4 Å². The molecular weight excluding hydrogens is 272 g/mol. The van der Waals surface area contributed by atoms with Gasteiger partial charge in [-0.2, -0.15) is 0 Å². The third kappa shape index (κ3) is 2.96. The van der Waals surface area contributed by atoms with E-state index in [9.17, 15) is 4.79 Å². The topological polar surface area (TPSA) is 66.9 Å². The van der Waals surface area contributed by atoms with E-state index in [4.69, 9.17) is 11.6 Å². The van der Waals surface area contributed by atoms with Crippen LogP contribution in [0, 0.1) is 0 Å². The van der Waals surface area contributed by atoms with Gasteiger partial charge >= 0.3 is 0 Å². The number of aromatic nitrogens is 2. The molecule has 2 rings (SSSR count). The fraction of sp³-hybridized carbons (Fsp3) is 0.182. The van der Waals surface area contributed by atoms with Gasteiger partial charge in [0.05, 0.1) is 17.1 Å². The van der Waals surface area contributed by atoms with Gasteiger partial charge < -0.3 is 10.6 Å². The van der Waals surface area contributed by atoms with Crippen molar-refractivity contribution in [2.24, 2.45) is 0 Å². The van der Waals surface area contributed by atoms with Crippen molar-refractivity contribution in [2.45, 2.75) is 6.54 Å². The van der Waals surface area contributed by atoms with Crippen LogP contribution in [-0.2, 0) is 6.54 Å². The molecule has 2 N–H and O–H groups in total. The molecule has 0 aromatic carbocycles. The van der Waals surface area contributed by atoms with E-state index in [1.165, 1.54) is 11.3 Å². The molecule has 0 saturated heterocycles. The molecule has 2 aromatic rings. The summed E-state index contributed by atoms with van der Waals surface area (Å²) in [5.74, 6) is 0.299. The Kier molecular flexibility index (Phi) is 4.11. The lowest BCUT2D eigenvalue weighted by atomic mass is 10.3. The molecule has 0 radical (unpaired) electrons. The number of pyridine rings is 1. The zero-order valence-electron chi connectivity index (χ0n) is 9.61. The molecule has 94 valence electrons. The second-order valence-electron chi connectivity index (χ2n) is 3.43. The molecule has 0 aliphatic carbocycles. The summed E-state index contributed by atoms with van der Waals surface area (Å²) in [5.41, 5.74) is 1.93. The summed E-state index contributed by atoms with van der Waals surface area (Å²) in [6.07, 6.45) is 1.71. The summed E-state index contributed by atoms with van der Waals surface area (Å²) < 4.78 is 0. The first-order valence-corrected chi connectivity index (χ1v) is 6.46. The maximum absolute atomic E-state index is 11.9. The Morgan fingerprint density at radius 1 is 1.50 bits per heavy atom. The normalized spacial score (nSPS) is 10.1. The van der Waals surface area contributed by atoms with Crippen LogP contribution in [0.3, 0.4) is 0 Å². The van der Waals surface area contributed by atoms with Gasteiger partial charge in [0, 0.05) is 18.1 Å². The van der Waals surface area contributed by atoms with Crippen LogP contribution < -0.4 is 10.6 Å². The summed E-state index contributed by atoms with van der Waals surface area (Å²) in [5, 5.41) is 5.94. The average molecular weight is 283 g/mol. The Morgan fingerprint density at radius 2 is 2.33 bits per heavy atom. The number of halogens is 1. The number of hydrogen-bond donors (Lipinski definition) is 2. The van der Waals surface area contributed by atoms with E-state index in [-0.39, 0.29) is 11.6 Å². The number of hydrogen-bond acceptors (Lipinski definition) is 5. The predicted octanol–water partition coefficient (Wildman–Crippen LogP) is 2.16. The average Bonchev–Trinajstić information content (AvgIpc) is 2.89. The first-order chi connectivity index (χ1) is 8.70. The van der Waals surface area contributed by atoms with E-state index in [2.05, 4.69) is 20.6 Å². The minimum Gasteiger partial charge on any atom is -0.373 e. The van der Waals surface area contributed by atoms with Gasteiger partial charge in [0.1, 0.15) is 11.5 Å². The molecule has 2 heterocycles. The van der Waals surface area contributed by atoms with E-state index in [1.54, 1.807) is 30.9 Å². The molecule has 0 aliphatic heterocycles. The van der Waals surface area contributed by atoms with Gasteiger partial charge in [0.25, 0.3) is 5.91 Å². The van der Waals surface area contributed by atoms with E-state index in [0.29, 0.717) is 17.4 Å². The van der Waals surface area contributed by atoms with E-state index in [0.717, 1.165) is 4.88 Å². The lowest BCUT2D eigenvalue weighted by Gasteiger charge is -2.06. The number of thiazole rings is 1. The summed E-state index contributed by atoms with van der Waals surface area (Å²) in [6.45, 7) is 0.422. The Balaban J connectivity index is 2.08. The second-order valence-corrected chi connectivity index (χ2v) is 4.81. The molecular formula is C11H11ClN4OS. The quantitative estimate of drug-likeness (QED) is 0.902. The standard InChI is InChI=1S/C11H11ClN4OS/c1-13-9-3-2-8(12)10(16-9)11(17)15-5-7-4-14-6-18-7/h2-4,6H,5H2,1H3,(H,13,16)(H,15,17). The summed E-state index contributed by atoms with van der Waals surface area (Å²) in [6, 6.07) is 3.35. The van der Waals surface area contributed by atoms with Gasteiger partial charge in [0.15, 0.2) is 0 Å². The summed E-state index contributed by atoms with van der Waals surface area (Å²) in [4.78, 5) is 21.0. The lowest BCUT2D eigenvalue weighted by molar-refractivity contribution is 0.0946. The number of anilines is 1.